The second-order valence-electron chi connectivity index (χ2n) is 11.0. The minimum atomic E-state index is -5.23. The summed E-state index contributed by atoms with van der Waals surface area (Å²) in [6.07, 6.45) is -4.65. The number of nitrogens with one attached hydrogen (secondary N) is 2. The van der Waals surface area contributed by atoms with Crippen molar-refractivity contribution in [2.75, 3.05) is 17.3 Å². The number of alkyl halides is 3. The van der Waals surface area contributed by atoms with Gasteiger partial charge in [-0.15, -0.1) is 0 Å². The molecular weight excluding hydrogens is 585 g/mol. The predicted molar refractivity (Wildman–Crippen MR) is 163 cm³/mol. The number of rotatable bonds is 6. The number of para-hydroxylation sites is 1. The molecule has 230 valence electrons. The van der Waals surface area contributed by atoms with Gasteiger partial charge in [-0.25, -0.2) is 0 Å². The number of hydrogen-bond acceptors (Lipinski definition) is 6. The highest BCUT2D eigenvalue weighted by molar-refractivity contribution is 6.05. The molecule has 0 saturated carbocycles. The van der Waals surface area contributed by atoms with E-state index in [0.717, 1.165) is 23.6 Å². The van der Waals surface area contributed by atoms with E-state index in [1.807, 2.05) is 30.3 Å². The highest BCUT2D eigenvalue weighted by atomic mass is 19.4. The first-order valence-corrected chi connectivity index (χ1v) is 14.2. The van der Waals surface area contributed by atoms with E-state index in [1.54, 1.807) is 18.2 Å². The van der Waals surface area contributed by atoms with E-state index < -0.39 is 24.1 Å². The van der Waals surface area contributed by atoms with Crippen molar-refractivity contribution in [3.63, 3.8) is 0 Å². The molecule has 45 heavy (non-hydrogen) atoms. The van der Waals surface area contributed by atoms with Gasteiger partial charge in [0.05, 0.1) is 18.8 Å². The lowest BCUT2D eigenvalue weighted by atomic mass is 9.74. The number of amides is 1. The van der Waals surface area contributed by atoms with Gasteiger partial charge in [0.1, 0.15) is 5.84 Å². The first kappa shape index (κ1) is 29.7. The third-order valence-corrected chi connectivity index (χ3v) is 8.31. The summed E-state index contributed by atoms with van der Waals surface area (Å²) in [5.74, 6) is -3.34. The number of carbonyl (C=O) groups excluding carboxylic acids is 2. The van der Waals surface area contributed by atoms with E-state index in [2.05, 4.69) is 5.32 Å². The van der Waals surface area contributed by atoms with Gasteiger partial charge in [-0.05, 0) is 65.4 Å². The van der Waals surface area contributed by atoms with Crippen molar-refractivity contribution in [1.82, 2.24) is 0 Å². The van der Waals surface area contributed by atoms with Crippen LogP contribution in [0.2, 0.25) is 0 Å². The molecule has 4 aromatic rings. The molecule has 4 aromatic carbocycles. The lowest BCUT2D eigenvalue weighted by Crippen LogP contribution is -2.39. The highest BCUT2D eigenvalue weighted by Gasteiger charge is 2.48. The predicted octanol–water partition coefficient (Wildman–Crippen LogP) is 6.60. The minimum absolute atomic E-state index is 0.0198. The Kier molecular flexibility index (Phi) is 7.47. The number of anilines is 3. The largest absolute Gasteiger partial charge is 0.493 e. The van der Waals surface area contributed by atoms with Gasteiger partial charge in [0.15, 0.2) is 11.5 Å². The van der Waals surface area contributed by atoms with E-state index in [4.69, 9.17) is 20.6 Å². The van der Waals surface area contributed by atoms with Gasteiger partial charge in [0, 0.05) is 41.4 Å². The molecule has 0 radical (unpaired) electrons. The van der Waals surface area contributed by atoms with Gasteiger partial charge < -0.3 is 20.5 Å². The molecular formula is C34H29F3N4O4. The summed E-state index contributed by atoms with van der Waals surface area (Å²) in [5.41, 5.74) is 10.4. The number of amidine groups is 1. The first-order chi connectivity index (χ1) is 21.5. The fourth-order valence-electron chi connectivity index (χ4n) is 6.51. The van der Waals surface area contributed by atoms with E-state index in [9.17, 15) is 22.8 Å². The summed E-state index contributed by atoms with van der Waals surface area (Å²) in [4.78, 5) is 25.8. The number of esters is 1. The number of nitrogens with zero attached hydrogens (tertiary/aromatic N) is 1. The normalized spacial score (nSPS) is 18.1. The summed E-state index contributed by atoms with van der Waals surface area (Å²) in [6.45, 7) is 1.16. The van der Waals surface area contributed by atoms with Crippen LogP contribution in [0.15, 0.2) is 84.9 Å². The van der Waals surface area contributed by atoms with E-state index in [-0.39, 0.29) is 40.5 Å². The fourth-order valence-corrected chi connectivity index (χ4v) is 6.51. The van der Waals surface area contributed by atoms with Crippen molar-refractivity contribution in [2.45, 2.75) is 31.5 Å². The highest BCUT2D eigenvalue weighted by Crippen LogP contribution is 2.56. The zero-order valence-electron chi connectivity index (χ0n) is 24.3. The monoisotopic (exact) mass is 614 g/mol. The molecule has 1 aliphatic heterocycles. The first-order valence-electron chi connectivity index (χ1n) is 14.2. The summed E-state index contributed by atoms with van der Waals surface area (Å²) in [5, 5.41) is 11.5. The number of ether oxygens (including phenoxy) is 2. The number of methoxy groups -OCH3 is 1. The van der Waals surface area contributed by atoms with Crippen molar-refractivity contribution < 1.29 is 32.2 Å². The van der Waals surface area contributed by atoms with Crippen LogP contribution < -0.4 is 25.4 Å². The molecule has 0 spiro atoms. The van der Waals surface area contributed by atoms with Crippen LogP contribution in [0.1, 0.15) is 46.7 Å². The molecule has 0 aromatic heterocycles. The van der Waals surface area contributed by atoms with Gasteiger partial charge in [-0.2, -0.15) is 13.2 Å². The Balaban J connectivity index is 1.62. The molecule has 11 heteroatoms. The van der Waals surface area contributed by atoms with E-state index in [1.165, 1.54) is 43.5 Å². The minimum Gasteiger partial charge on any atom is -0.493 e. The summed E-state index contributed by atoms with van der Waals surface area (Å²) in [6, 6.07) is 23.0. The van der Waals surface area contributed by atoms with Crippen molar-refractivity contribution in [2.24, 2.45) is 11.7 Å². The third kappa shape index (κ3) is 5.34. The van der Waals surface area contributed by atoms with Crippen molar-refractivity contribution in [3.8, 4) is 11.5 Å². The number of benzene rings is 4. The van der Waals surface area contributed by atoms with Crippen LogP contribution in [0.4, 0.5) is 30.2 Å². The Morgan fingerprint density at radius 2 is 1.64 bits per heavy atom. The number of carbonyl (C=O) groups is 2. The molecule has 8 nitrogen and oxygen atoms in total. The second-order valence-corrected chi connectivity index (χ2v) is 11.0. The average molecular weight is 615 g/mol. The van der Waals surface area contributed by atoms with Crippen LogP contribution in [-0.2, 0) is 16.0 Å². The van der Waals surface area contributed by atoms with Crippen LogP contribution in [0.3, 0.4) is 0 Å². The number of hydrogen-bond donors (Lipinski definition) is 3. The Morgan fingerprint density at radius 3 is 2.31 bits per heavy atom. The van der Waals surface area contributed by atoms with Gasteiger partial charge in [0.25, 0.3) is 0 Å². The van der Waals surface area contributed by atoms with Gasteiger partial charge >= 0.3 is 18.1 Å². The van der Waals surface area contributed by atoms with E-state index >= 15 is 0 Å². The Bertz CT molecular complexity index is 1830. The van der Waals surface area contributed by atoms with Gasteiger partial charge in [0.2, 0.25) is 0 Å². The Hall–Kier alpha value is -5.32. The molecule has 4 N–H and O–H groups in total. The average Bonchev–Trinajstić information content (AvgIpc) is 3.40. The number of nitrogen functional groups attached to an aromatic ring is 1. The fraction of sp³-hybridized carbons (Fsp3) is 0.206. The lowest BCUT2D eigenvalue weighted by Gasteiger charge is -2.40. The zero-order chi connectivity index (χ0) is 32.0. The quantitative estimate of drug-likeness (QED) is 0.0975. The van der Waals surface area contributed by atoms with Crippen LogP contribution in [0.5, 0.6) is 11.5 Å². The van der Waals surface area contributed by atoms with Crippen molar-refractivity contribution in [1.29, 1.82) is 5.41 Å². The summed E-state index contributed by atoms with van der Waals surface area (Å²) >= 11 is 0. The second kappa shape index (κ2) is 11.3. The molecule has 2 aliphatic rings. The van der Waals surface area contributed by atoms with Crippen molar-refractivity contribution in [3.05, 3.63) is 113 Å². The Labute approximate surface area is 257 Å². The zero-order valence-corrected chi connectivity index (χ0v) is 24.3. The molecule has 6 rings (SSSR count). The van der Waals surface area contributed by atoms with Crippen LogP contribution >= 0.6 is 0 Å². The molecule has 1 heterocycles. The van der Waals surface area contributed by atoms with Crippen LogP contribution in [0, 0.1) is 11.3 Å². The molecule has 3 atom stereocenters. The standard InChI is InChI=1S/C34H29F3N4O4/c1-18(42)45-29-17-27(41(33(43)34(35,36)37)21-9-4-3-5-10-21)24(16-28(29)44-2)31-25-14-19-8-6-7-11-22(19)30(25)23-15-20(32(38)39)12-13-26(23)40-31/h3-13,15-17,25,30-31,40H,14H2,1-2H3,(H3,38,39)/t25-,30-,31?/m1/s1. The third-order valence-electron chi connectivity index (χ3n) is 8.31. The topological polar surface area (TPSA) is 118 Å². The molecule has 0 bridgehead atoms. The van der Waals surface area contributed by atoms with Gasteiger partial charge in [-0.3, -0.25) is 19.9 Å². The van der Waals surface area contributed by atoms with Crippen LogP contribution in [0.25, 0.3) is 0 Å². The molecule has 0 fully saturated rings. The summed E-state index contributed by atoms with van der Waals surface area (Å²) in [7, 11) is 1.36. The Morgan fingerprint density at radius 1 is 0.933 bits per heavy atom. The number of nitrogens with two attached hydrogens (primary N) is 1. The van der Waals surface area contributed by atoms with E-state index in [0.29, 0.717) is 28.1 Å². The molecule has 1 unspecified atom stereocenters. The van der Waals surface area contributed by atoms with Gasteiger partial charge in [-0.1, -0.05) is 42.5 Å². The number of fused-ring (bicyclic) bond motifs is 5. The van der Waals surface area contributed by atoms with Crippen LogP contribution in [-0.4, -0.2) is 31.0 Å². The molecule has 0 saturated heterocycles. The van der Waals surface area contributed by atoms with Crippen molar-refractivity contribution >= 4 is 34.8 Å². The maximum absolute atomic E-state index is 14.3. The maximum atomic E-state index is 14.3. The molecule has 1 amide bonds. The lowest BCUT2D eigenvalue weighted by molar-refractivity contribution is -0.169. The SMILES string of the molecule is COc1cc(C2Nc3ccc(C(=N)N)cc3[C@H]3c4ccccc4C[C@@H]23)c(N(C(=O)C(F)(F)F)c2ccccc2)cc1OC(C)=O. The molecule has 1 aliphatic carbocycles. The maximum Gasteiger partial charge on any atom is 0.472 e. The smallest absolute Gasteiger partial charge is 0.472 e. The summed E-state index contributed by atoms with van der Waals surface area (Å²) < 4.78 is 53.7. The number of halogens is 3.